The molecule has 2 N–H and O–H groups in total. The molecule has 0 aromatic carbocycles. The Labute approximate surface area is 113 Å². The predicted octanol–water partition coefficient (Wildman–Crippen LogP) is 1.06. The van der Waals surface area contributed by atoms with Crippen LogP contribution in [0.5, 0.6) is 0 Å². The van der Waals surface area contributed by atoms with Gasteiger partial charge in [0.1, 0.15) is 0 Å². The normalized spacial score (nSPS) is 23.8. The van der Waals surface area contributed by atoms with Crippen LogP contribution >= 0.6 is 0 Å². The van der Waals surface area contributed by atoms with Crippen LogP contribution in [0, 0.1) is 5.92 Å². The number of H-pyrrole nitrogens is 1. The lowest BCUT2D eigenvalue weighted by atomic mass is 9.86. The number of aliphatic hydroxyl groups is 1. The summed E-state index contributed by atoms with van der Waals surface area (Å²) in [6.45, 7) is 0.452. The Balaban J connectivity index is 1.67. The summed E-state index contributed by atoms with van der Waals surface area (Å²) in [6, 6.07) is 0. The molecule has 104 valence electrons. The number of carbonyl (C=O) groups is 1. The molecule has 0 saturated heterocycles. The van der Waals surface area contributed by atoms with E-state index in [1.54, 1.807) is 18.1 Å². The van der Waals surface area contributed by atoms with Crippen molar-refractivity contribution in [1.82, 2.24) is 15.1 Å². The van der Waals surface area contributed by atoms with Gasteiger partial charge in [-0.3, -0.25) is 9.89 Å². The van der Waals surface area contributed by atoms with E-state index in [0.29, 0.717) is 12.5 Å². The molecule has 2 aliphatic rings. The van der Waals surface area contributed by atoms with Crippen LogP contribution in [0.3, 0.4) is 0 Å². The van der Waals surface area contributed by atoms with E-state index in [1.807, 2.05) is 0 Å². The Bertz CT molecular complexity index is 467. The lowest BCUT2D eigenvalue weighted by molar-refractivity contribution is -0.133. The zero-order valence-electron chi connectivity index (χ0n) is 11.3. The van der Waals surface area contributed by atoms with Crippen molar-refractivity contribution in [1.29, 1.82) is 0 Å². The Kier molecular flexibility index (Phi) is 3.31. The van der Waals surface area contributed by atoms with Gasteiger partial charge in [-0.05, 0) is 38.0 Å². The number of rotatable bonds is 4. The highest BCUT2D eigenvalue weighted by Crippen LogP contribution is 2.34. The molecule has 2 aliphatic carbocycles. The quantitative estimate of drug-likeness (QED) is 0.853. The van der Waals surface area contributed by atoms with Crippen LogP contribution in [0.15, 0.2) is 6.20 Å². The molecule has 0 aliphatic heterocycles. The van der Waals surface area contributed by atoms with Crippen molar-refractivity contribution in [2.75, 3.05) is 13.6 Å². The first kappa shape index (κ1) is 12.7. The average molecular weight is 263 g/mol. The number of amides is 1. The monoisotopic (exact) mass is 263 g/mol. The molecule has 2 atom stereocenters. The smallest absolute Gasteiger partial charge is 0.230 e. The first-order valence-electron chi connectivity index (χ1n) is 7.12. The fourth-order valence-corrected chi connectivity index (χ4v) is 2.98. The van der Waals surface area contributed by atoms with Crippen LogP contribution in [-0.4, -0.2) is 45.8 Å². The number of fused-ring (bicyclic) bond motifs is 1. The molecule has 1 fully saturated rings. The van der Waals surface area contributed by atoms with Gasteiger partial charge in [0.25, 0.3) is 0 Å². The predicted molar refractivity (Wildman–Crippen MR) is 70.6 cm³/mol. The lowest BCUT2D eigenvalue weighted by Crippen LogP contribution is -2.38. The average Bonchev–Trinajstić information content (AvgIpc) is 3.15. The number of aromatic amines is 1. The summed E-state index contributed by atoms with van der Waals surface area (Å²) in [4.78, 5) is 14.2. The van der Waals surface area contributed by atoms with Crippen molar-refractivity contribution in [2.45, 2.75) is 44.1 Å². The van der Waals surface area contributed by atoms with Gasteiger partial charge < -0.3 is 10.0 Å². The summed E-state index contributed by atoms with van der Waals surface area (Å²) in [6.07, 6.45) is 6.49. The van der Waals surface area contributed by atoms with E-state index in [0.717, 1.165) is 43.4 Å². The maximum Gasteiger partial charge on any atom is 0.230 e. The SMILES string of the molecule is CN(CC(O)C1CC1)C(=O)C1CCCc2[nH]ncc21. The zero-order valence-corrected chi connectivity index (χ0v) is 11.3. The molecule has 19 heavy (non-hydrogen) atoms. The number of carbonyl (C=O) groups excluding carboxylic acids is 1. The highest BCUT2D eigenvalue weighted by Gasteiger charge is 2.34. The van der Waals surface area contributed by atoms with Crippen molar-refractivity contribution < 1.29 is 9.90 Å². The van der Waals surface area contributed by atoms with E-state index < -0.39 is 0 Å². The van der Waals surface area contributed by atoms with Crippen LogP contribution in [0.4, 0.5) is 0 Å². The lowest BCUT2D eigenvalue weighted by Gasteiger charge is -2.27. The Morgan fingerprint density at radius 3 is 3.11 bits per heavy atom. The fourth-order valence-electron chi connectivity index (χ4n) is 2.98. The van der Waals surface area contributed by atoms with Gasteiger partial charge in [0.05, 0.1) is 18.2 Å². The van der Waals surface area contributed by atoms with Crippen LogP contribution in [0.1, 0.15) is 42.9 Å². The van der Waals surface area contributed by atoms with Crippen molar-refractivity contribution in [3.63, 3.8) is 0 Å². The first-order valence-corrected chi connectivity index (χ1v) is 7.12. The largest absolute Gasteiger partial charge is 0.391 e. The van der Waals surface area contributed by atoms with Crippen LogP contribution < -0.4 is 0 Å². The van der Waals surface area contributed by atoms with Crippen LogP contribution in [0.25, 0.3) is 0 Å². The van der Waals surface area contributed by atoms with Gasteiger partial charge in [-0.1, -0.05) is 0 Å². The van der Waals surface area contributed by atoms with Crippen molar-refractivity contribution in [3.8, 4) is 0 Å². The second-order valence-corrected chi connectivity index (χ2v) is 5.87. The molecule has 1 aromatic rings. The molecule has 0 bridgehead atoms. The van der Waals surface area contributed by atoms with Crippen LogP contribution in [0.2, 0.25) is 0 Å². The molecule has 1 amide bonds. The molecule has 1 heterocycles. The van der Waals surface area contributed by atoms with Gasteiger partial charge in [0.15, 0.2) is 0 Å². The molecule has 5 heteroatoms. The number of aliphatic hydroxyl groups excluding tert-OH is 1. The number of nitrogens with zero attached hydrogens (tertiary/aromatic N) is 2. The maximum atomic E-state index is 12.5. The Morgan fingerprint density at radius 1 is 1.58 bits per heavy atom. The molecule has 0 radical (unpaired) electrons. The molecule has 3 rings (SSSR count). The highest BCUT2D eigenvalue weighted by molar-refractivity contribution is 5.84. The van der Waals surface area contributed by atoms with Gasteiger partial charge in [0.2, 0.25) is 5.91 Å². The summed E-state index contributed by atoms with van der Waals surface area (Å²) in [5.74, 6) is 0.437. The van der Waals surface area contributed by atoms with E-state index in [9.17, 15) is 9.90 Å². The summed E-state index contributed by atoms with van der Waals surface area (Å²) in [5.41, 5.74) is 2.14. The molecular weight excluding hydrogens is 242 g/mol. The summed E-state index contributed by atoms with van der Waals surface area (Å²) < 4.78 is 0. The van der Waals surface area contributed by atoms with E-state index in [2.05, 4.69) is 10.2 Å². The van der Waals surface area contributed by atoms with Gasteiger partial charge in [-0.25, -0.2) is 0 Å². The minimum Gasteiger partial charge on any atom is -0.391 e. The molecule has 1 aromatic heterocycles. The molecular formula is C14H21N3O2. The minimum atomic E-state index is -0.360. The zero-order chi connectivity index (χ0) is 13.4. The number of likely N-dealkylation sites (N-methyl/N-ethyl adjacent to an activating group) is 1. The second-order valence-electron chi connectivity index (χ2n) is 5.87. The van der Waals surface area contributed by atoms with Gasteiger partial charge in [-0.15, -0.1) is 0 Å². The summed E-state index contributed by atoms with van der Waals surface area (Å²) in [7, 11) is 1.79. The molecule has 0 spiro atoms. The third-order valence-electron chi connectivity index (χ3n) is 4.35. The number of hydrogen-bond donors (Lipinski definition) is 2. The highest BCUT2D eigenvalue weighted by atomic mass is 16.3. The number of aryl methyl sites for hydroxylation is 1. The topological polar surface area (TPSA) is 69.2 Å². The van der Waals surface area contributed by atoms with Crippen molar-refractivity contribution in [3.05, 3.63) is 17.5 Å². The number of hydrogen-bond acceptors (Lipinski definition) is 3. The Morgan fingerprint density at radius 2 is 2.37 bits per heavy atom. The van der Waals surface area contributed by atoms with Gasteiger partial charge >= 0.3 is 0 Å². The van der Waals surface area contributed by atoms with Gasteiger partial charge in [-0.2, -0.15) is 5.10 Å². The molecule has 2 unspecified atom stereocenters. The van der Waals surface area contributed by atoms with E-state index in [4.69, 9.17) is 0 Å². The fraction of sp³-hybridized carbons (Fsp3) is 0.714. The van der Waals surface area contributed by atoms with E-state index in [-0.39, 0.29) is 17.9 Å². The third kappa shape index (κ3) is 2.52. The maximum absolute atomic E-state index is 12.5. The van der Waals surface area contributed by atoms with Crippen molar-refractivity contribution in [2.24, 2.45) is 5.92 Å². The summed E-state index contributed by atoms with van der Waals surface area (Å²) >= 11 is 0. The van der Waals surface area contributed by atoms with E-state index >= 15 is 0 Å². The minimum absolute atomic E-state index is 0.0843. The first-order chi connectivity index (χ1) is 9.16. The third-order valence-corrected chi connectivity index (χ3v) is 4.35. The van der Waals surface area contributed by atoms with Crippen LogP contribution in [-0.2, 0) is 11.2 Å². The van der Waals surface area contributed by atoms with Gasteiger partial charge in [0, 0.05) is 24.8 Å². The Hall–Kier alpha value is -1.36. The van der Waals surface area contributed by atoms with Crippen molar-refractivity contribution >= 4 is 5.91 Å². The molecule has 1 saturated carbocycles. The summed E-state index contributed by atoms with van der Waals surface area (Å²) in [5, 5.41) is 17.0. The second kappa shape index (κ2) is 4.96. The number of nitrogens with one attached hydrogen (secondary N) is 1. The standard InChI is InChI=1S/C14H21N3O2/c1-17(8-13(18)9-5-6-9)14(19)10-3-2-4-12-11(10)7-15-16-12/h7,9-10,13,18H,2-6,8H2,1H3,(H,15,16). The molecule has 5 nitrogen and oxygen atoms in total. The number of aromatic nitrogens is 2. The van der Waals surface area contributed by atoms with E-state index in [1.165, 1.54) is 0 Å².